The first-order valence-electron chi connectivity index (χ1n) is 8.32. The van der Waals surface area contributed by atoms with Crippen molar-refractivity contribution in [1.29, 1.82) is 0 Å². The number of imidazole rings is 1. The number of nitrogens with zero attached hydrogens (tertiary/aromatic N) is 5. The molecule has 8 heteroatoms. The van der Waals surface area contributed by atoms with Crippen molar-refractivity contribution in [2.75, 3.05) is 18.4 Å². The Labute approximate surface area is 144 Å². The molecule has 0 radical (unpaired) electrons. The highest BCUT2D eigenvalue weighted by atomic mass is 16.2. The summed E-state index contributed by atoms with van der Waals surface area (Å²) in [7, 11) is 0. The van der Waals surface area contributed by atoms with Gasteiger partial charge in [0.05, 0.1) is 18.6 Å². The van der Waals surface area contributed by atoms with Crippen LogP contribution in [0.3, 0.4) is 0 Å². The average molecular weight is 337 g/mol. The van der Waals surface area contributed by atoms with E-state index in [0.29, 0.717) is 17.4 Å². The van der Waals surface area contributed by atoms with E-state index in [1.54, 1.807) is 23.4 Å². The van der Waals surface area contributed by atoms with Crippen LogP contribution in [0.1, 0.15) is 29.4 Å². The van der Waals surface area contributed by atoms with Crippen LogP contribution in [0.2, 0.25) is 0 Å². The topological polar surface area (TPSA) is 89.7 Å². The van der Waals surface area contributed by atoms with Crippen molar-refractivity contribution in [3.63, 3.8) is 0 Å². The van der Waals surface area contributed by atoms with Crippen molar-refractivity contribution >= 4 is 11.6 Å². The standard InChI is InChI=1S/C17H19N7O/c25-17(16-11-24(22-21-16)14-4-6-18-7-5-14)20-13-2-1-3-15(10-13)23-9-8-19-12-23/h1-3,8-12,14,18H,4-7H2,(H,20,25). The fourth-order valence-electron chi connectivity index (χ4n) is 2.98. The van der Waals surface area contributed by atoms with Crippen molar-refractivity contribution < 1.29 is 4.79 Å². The third-order valence-electron chi connectivity index (χ3n) is 4.33. The van der Waals surface area contributed by atoms with E-state index >= 15 is 0 Å². The van der Waals surface area contributed by atoms with E-state index in [1.165, 1.54) is 0 Å². The first-order valence-corrected chi connectivity index (χ1v) is 8.32. The minimum absolute atomic E-state index is 0.261. The lowest BCUT2D eigenvalue weighted by Gasteiger charge is -2.22. The Hall–Kier alpha value is -3.00. The fourth-order valence-corrected chi connectivity index (χ4v) is 2.98. The smallest absolute Gasteiger partial charge is 0.277 e. The molecular formula is C17H19N7O. The number of anilines is 1. The number of hydrogen-bond acceptors (Lipinski definition) is 5. The lowest BCUT2D eigenvalue weighted by Crippen LogP contribution is -2.29. The average Bonchev–Trinajstić information content (AvgIpc) is 3.35. The summed E-state index contributed by atoms with van der Waals surface area (Å²) in [4.78, 5) is 16.5. The number of nitrogens with one attached hydrogen (secondary N) is 2. The lowest BCUT2D eigenvalue weighted by molar-refractivity contribution is 0.102. The summed E-state index contributed by atoms with van der Waals surface area (Å²) < 4.78 is 3.68. The number of piperidine rings is 1. The molecule has 128 valence electrons. The van der Waals surface area contributed by atoms with Gasteiger partial charge in [-0.2, -0.15) is 0 Å². The second kappa shape index (κ2) is 6.86. The van der Waals surface area contributed by atoms with Crippen LogP contribution in [0.5, 0.6) is 0 Å². The number of carbonyl (C=O) groups is 1. The summed E-state index contributed by atoms with van der Waals surface area (Å²) in [6.45, 7) is 1.93. The Kier molecular flexibility index (Phi) is 4.26. The highest BCUT2D eigenvalue weighted by Crippen LogP contribution is 2.18. The van der Waals surface area contributed by atoms with Crippen molar-refractivity contribution in [2.45, 2.75) is 18.9 Å². The molecule has 4 rings (SSSR count). The molecule has 0 saturated carbocycles. The van der Waals surface area contributed by atoms with Crippen LogP contribution in [0.4, 0.5) is 5.69 Å². The van der Waals surface area contributed by atoms with Gasteiger partial charge in [0, 0.05) is 23.8 Å². The number of rotatable bonds is 4. The molecule has 2 aromatic heterocycles. The molecule has 1 fully saturated rings. The van der Waals surface area contributed by atoms with E-state index in [2.05, 4.69) is 25.9 Å². The number of carbonyl (C=O) groups excluding carboxylic acids is 1. The van der Waals surface area contributed by atoms with Gasteiger partial charge >= 0.3 is 0 Å². The largest absolute Gasteiger partial charge is 0.320 e. The first kappa shape index (κ1) is 15.5. The second-order valence-electron chi connectivity index (χ2n) is 6.04. The van der Waals surface area contributed by atoms with Crippen molar-refractivity contribution in [1.82, 2.24) is 29.9 Å². The predicted molar refractivity (Wildman–Crippen MR) is 92.7 cm³/mol. The quantitative estimate of drug-likeness (QED) is 0.755. The molecule has 0 bridgehead atoms. The van der Waals surface area contributed by atoms with Crippen LogP contribution in [0.25, 0.3) is 5.69 Å². The maximum absolute atomic E-state index is 12.4. The second-order valence-corrected chi connectivity index (χ2v) is 6.04. The number of benzene rings is 1. The lowest BCUT2D eigenvalue weighted by atomic mass is 10.1. The predicted octanol–water partition coefficient (Wildman–Crippen LogP) is 1.64. The summed E-state index contributed by atoms with van der Waals surface area (Å²) in [5.74, 6) is -0.261. The summed E-state index contributed by atoms with van der Waals surface area (Å²) in [5, 5.41) is 14.3. The van der Waals surface area contributed by atoms with E-state index in [-0.39, 0.29) is 5.91 Å². The molecular weight excluding hydrogens is 318 g/mol. The van der Waals surface area contributed by atoms with E-state index in [9.17, 15) is 4.79 Å². The van der Waals surface area contributed by atoms with Crippen LogP contribution in [-0.4, -0.2) is 43.5 Å². The van der Waals surface area contributed by atoms with Gasteiger partial charge in [0.25, 0.3) is 5.91 Å². The van der Waals surface area contributed by atoms with Gasteiger partial charge in [0.2, 0.25) is 0 Å². The van der Waals surface area contributed by atoms with Gasteiger partial charge in [-0.3, -0.25) is 4.79 Å². The minimum atomic E-state index is -0.261. The van der Waals surface area contributed by atoms with Gasteiger partial charge in [-0.05, 0) is 44.1 Å². The maximum Gasteiger partial charge on any atom is 0.277 e. The Balaban J connectivity index is 1.47. The molecule has 3 aromatic rings. The number of aromatic nitrogens is 5. The molecule has 0 unspecified atom stereocenters. The van der Waals surface area contributed by atoms with E-state index in [0.717, 1.165) is 31.6 Å². The van der Waals surface area contributed by atoms with E-state index in [1.807, 2.05) is 35.0 Å². The van der Waals surface area contributed by atoms with Crippen LogP contribution in [0.15, 0.2) is 49.2 Å². The summed E-state index contributed by atoms with van der Waals surface area (Å²) in [5.41, 5.74) is 1.95. The van der Waals surface area contributed by atoms with Gasteiger partial charge in [-0.1, -0.05) is 11.3 Å². The van der Waals surface area contributed by atoms with Crippen LogP contribution >= 0.6 is 0 Å². The third kappa shape index (κ3) is 3.43. The molecule has 2 N–H and O–H groups in total. The van der Waals surface area contributed by atoms with Crippen LogP contribution < -0.4 is 10.6 Å². The van der Waals surface area contributed by atoms with Crippen molar-refractivity contribution in [2.24, 2.45) is 0 Å². The molecule has 0 aliphatic carbocycles. The molecule has 1 aliphatic rings. The van der Waals surface area contributed by atoms with Crippen molar-refractivity contribution in [3.05, 3.63) is 54.9 Å². The third-order valence-corrected chi connectivity index (χ3v) is 4.33. The number of hydrogen-bond donors (Lipinski definition) is 2. The molecule has 25 heavy (non-hydrogen) atoms. The zero-order valence-electron chi connectivity index (χ0n) is 13.7. The Morgan fingerprint density at radius 1 is 1.28 bits per heavy atom. The van der Waals surface area contributed by atoms with Gasteiger partial charge in [-0.15, -0.1) is 5.10 Å². The fraction of sp³-hybridized carbons (Fsp3) is 0.294. The summed E-state index contributed by atoms with van der Waals surface area (Å²) >= 11 is 0. The molecule has 1 aliphatic heterocycles. The zero-order valence-corrected chi connectivity index (χ0v) is 13.7. The number of amides is 1. The van der Waals surface area contributed by atoms with Gasteiger partial charge in [-0.25, -0.2) is 9.67 Å². The van der Waals surface area contributed by atoms with Crippen LogP contribution in [0, 0.1) is 0 Å². The highest BCUT2D eigenvalue weighted by molar-refractivity contribution is 6.02. The van der Waals surface area contributed by atoms with Crippen molar-refractivity contribution in [3.8, 4) is 5.69 Å². The maximum atomic E-state index is 12.4. The van der Waals surface area contributed by atoms with E-state index < -0.39 is 0 Å². The van der Waals surface area contributed by atoms with Crippen LogP contribution in [-0.2, 0) is 0 Å². The zero-order chi connectivity index (χ0) is 17.1. The molecule has 8 nitrogen and oxygen atoms in total. The van der Waals surface area contributed by atoms with E-state index in [4.69, 9.17) is 0 Å². The molecule has 1 saturated heterocycles. The molecule has 1 amide bonds. The Bertz CT molecular complexity index is 850. The summed E-state index contributed by atoms with van der Waals surface area (Å²) in [6.07, 6.45) is 9.00. The monoisotopic (exact) mass is 337 g/mol. The Morgan fingerprint density at radius 2 is 2.16 bits per heavy atom. The molecule has 3 heterocycles. The molecule has 1 aromatic carbocycles. The SMILES string of the molecule is O=C(Nc1cccc(-n2ccnc2)c1)c1cn(C2CCNCC2)nn1. The van der Waals surface area contributed by atoms with Gasteiger partial charge in [0.15, 0.2) is 5.69 Å². The molecule has 0 atom stereocenters. The summed E-state index contributed by atoms with van der Waals surface area (Å²) in [6, 6.07) is 7.87. The minimum Gasteiger partial charge on any atom is -0.320 e. The normalized spacial score (nSPS) is 15.2. The van der Waals surface area contributed by atoms with Gasteiger partial charge < -0.3 is 15.2 Å². The first-order chi connectivity index (χ1) is 12.3. The highest BCUT2D eigenvalue weighted by Gasteiger charge is 2.18. The Morgan fingerprint density at radius 3 is 2.96 bits per heavy atom. The molecule has 0 spiro atoms. The van der Waals surface area contributed by atoms with Gasteiger partial charge in [0.1, 0.15) is 0 Å².